The Morgan fingerprint density at radius 3 is 2.22 bits per heavy atom. The molecule has 0 saturated carbocycles. The standard InChI is InChI=1S/C26H21I/c1-25-15-7-6-10-21(25)20-14-13-17(27)16-24(20)26(25)22-11-4-2-8-18(22)19-9-3-5-12-23(19)26/h2-5,7-9,11-16,21H,6,10H2,1H3. The lowest BCUT2D eigenvalue weighted by molar-refractivity contribution is 0.247. The number of allylic oxidation sites excluding steroid dienone is 2. The molecule has 6 rings (SSSR count). The molecule has 0 aliphatic heterocycles. The molecule has 0 aromatic heterocycles. The van der Waals surface area contributed by atoms with E-state index in [0.29, 0.717) is 5.92 Å². The van der Waals surface area contributed by atoms with Gasteiger partial charge in [0, 0.05) is 8.99 Å². The zero-order valence-electron chi connectivity index (χ0n) is 15.4. The van der Waals surface area contributed by atoms with E-state index >= 15 is 0 Å². The van der Waals surface area contributed by atoms with Gasteiger partial charge >= 0.3 is 0 Å². The molecule has 27 heavy (non-hydrogen) atoms. The van der Waals surface area contributed by atoms with Crippen LogP contribution in [-0.2, 0) is 5.41 Å². The van der Waals surface area contributed by atoms with Crippen molar-refractivity contribution in [1.29, 1.82) is 0 Å². The third-order valence-corrected chi connectivity index (χ3v) is 8.04. The van der Waals surface area contributed by atoms with Crippen LogP contribution in [0, 0.1) is 8.99 Å². The van der Waals surface area contributed by atoms with Crippen LogP contribution in [0.3, 0.4) is 0 Å². The summed E-state index contributed by atoms with van der Waals surface area (Å²) in [5.41, 5.74) is 8.90. The van der Waals surface area contributed by atoms with Gasteiger partial charge in [0.25, 0.3) is 0 Å². The molecule has 0 fully saturated rings. The van der Waals surface area contributed by atoms with Gasteiger partial charge in [0.15, 0.2) is 0 Å². The predicted octanol–water partition coefficient (Wildman–Crippen LogP) is 7.06. The van der Waals surface area contributed by atoms with Crippen LogP contribution in [0.2, 0.25) is 0 Å². The van der Waals surface area contributed by atoms with E-state index in [1.54, 1.807) is 5.56 Å². The van der Waals surface area contributed by atoms with E-state index in [4.69, 9.17) is 0 Å². The summed E-state index contributed by atoms with van der Waals surface area (Å²) in [6.07, 6.45) is 7.41. The highest BCUT2D eigenvalue weighted by atomic mass is 127. The van der Waals surface area contributed by atoms with Crippen LogP contribution < -0.4 is 0 Å². The van der Waals surface area contributed by atoms with Gasteiger partial charge in [-0.15, -0.1) is 0 Å². The summed E-state index contributed by atoms with van der Waals surface area (Å²) >= 11 is 2.48. The highest BCUT2D eigenvalue weighted by Crippen LogP contribution is 2.71. The first-order chi connectivity index (χ1) is 13.2. The molecule has 0 nitrogen and oxygen atoms in total. The second-order valence-corrected chi connectivity index (χ2v) is 9.63. The minimum atomic E-state index is -0.0850. The molecule has 0 saturated heterocycles. The number of rotatable bonds is 0. The van der Waals surface area contributed by atoms with Crippen molar-refractivity contribution in [2.45, 2.75) is 31.1 Å². The zero-order valence-corrected chi connectivity index (χ0v) is 17.5. The van der Waals surface area contributed by atoms with Gasteiger partial charge in [0.05, 0.1) is 5.41 Å². The summed E-state index contributed by atoms with van der Waals surface area (Å²) in [5, 5.41) is 0. The molecule has 0 radical (unpaired) electrons. The topological polar surface area (TPSA) is 0 Å². The molecule has 2 atom stereocenters. The van der Waals surface area contributed by atoms with Gasteiger partial charge in [-0.3, -0.25) is 0 Å². The Hall–Kier alpha value is -1.87. The summed E-state index contributed by atoms with van der Waals surface area (Å²) in [6.45, 7) is 2.51. The normalized spacial score (nSPS) is 25.8. The number of benzene rings is 3. The first-order valence-electron chi connectivity index (χ1n) is 9.85. The fourth-order valence-electron chi connectivity index (χ4n) is 6.42. The Labute approximate surface area is 174 Å². The van der Waals surface area contributed by atoms with Crippen LogP contribution in [-0.4, -0.2) is 0 Å². The van der Waals surface area contributed by atoms with E-state index in [0.717, 1.165) is 0 Å². The van der Waals surface area contributed by atoms with Crippen molar-refractivity contribution in [2.75, 3.05) is 0 Å². The Balaban J connectivity index is 1.84. The number of hydrogen-bond acceptors (Lipinski definition) is 0. The molecule has 0 N–H and O–H groups in total. The van der Waals surface area contributed by atoms with Crippen LogP contribution in [0.5, 0.6) is 0 Å². The number of halogens is 1. The van der Waals surface area contributed by atoms with E-state index < -0.39 is 0 Å². The average molecular weight is 460 g/mol. The maximum atomic E-state index is 2.55. The van der Waals surface area contributed by atoms with Crippen molar-refractivity contribution in [3.63, 3.8) is 0 Å². The van der Waals surface area contributed by atoms with Crippen molar-refractivity contribution in [3.8, 4) is 11.1 Å². The van der Waals surface area contributed by atoms with E-state index in [1.165, 1.54) is 44.2 Å². The summed E-state index contributed by atoms with van der Waals surface area (Å²) < 4.78 is 1.33. The van der Waals surface area contributed by atoms with Gasteiger partial charge < -0.3 is 0 Å². The quantitative estimate of drug-likeness (QED) is 0.249. The first-order valence-corrected chi connectivity index (χ1v) is 10.9. The monoisotopic (exact) mass is 460 g/mol. The van der Waals surface area contributed by atoms with Gasteiger partial charge in [-0.05, 0) is 86.9 Å². The largest absolute Gasteiger partial charge is 0.0879 e. The second kappa shape index (κ2) is 5.35. The lowest BCUT2D eigenvalue weighted by Crippen LogP contribution is -2.42. The van der Waals surface area contributed by atoms with Crippen LogP contribution in [0.4, 0.5) is 0 Å². The Morgan fingerprint density at radius 1 is 0.852 bits per heavy atom. The van der Waals surface area contributed by atoms with Crippen LogP contribution in [0.25, 0.3) is 11.1 Å². The third kappa shape index (κ3) is 1.75. The maximum Gasteiger partial charge on any atom is 0.0560 e. The molecule has 0 heterocycles. The molecule has 3 aliphatic rings. The van der Waals surface area contributed by atoms with Crippen molar-refractivity contribution < 1.29 is 0 Å². The maximum absolute atomic E-state index is 2.55. The smallest absolute Gasteiger partial charge is 0.0560 e. The summed E-state index contributed by atoms with van der Waals surface area (Å²) in [6, 6.07) is 25.4. The zero-order chi connectivity index (χ0) is 18.2. The van der Waals surface area contributed by atoms with E-state index in [2.05, 4.69) is 108 Å². The minimum absolute atomic E-state index is 0.0702. The van der Waals surface area contributed by atoms with Crippen molar-refractivity contribution in [3.05, 3.63) is 105 Å². The van der Waals surface area contributed by atoms with E-state index in [1.807, 2.05) is 0 Å². The molecule has 0 amide bonds. The molecular formula is C26H21I. The predicted molar refractivity (Wildman–Crippen MR) is 120 cm³/mol. The fraction of sp³-hybridized carbons (Fsp3) is 0.231. The molecule has 3 aromatic rings. The summed E-state index contributed by atoms with van der Waals surface area (Å²) in [5.74, 6) is 0.578. The fourth-order valence-corrected chi connectivity index (χ4v) is 6.92. The molecule has 0 bridgehead atoms. The lowest BCUT2D eigenvalue weighted by atomic mass is 9.55. The van der Waals surface area contributed by atoms with Crippen LogP contribution >= 0.6 is 22.6 Å². The molecule has 3 aromatic carbocycles. The highest BCUT2D eigenvalue weighted by Gasteiger charge is 2.63. The molecule has 1 heteroatoms. The molecule has 132 valence electrons. The Kier molecular flexibility index (Phi) is 3.19. The van der Waals surface area contributed by atoms with Gasteiger partial charge in [0.1, 0.15) is 0 Å². The van der Waals surface area contributed by atoms with Crippen LogP contribution in [0.15, 0.2) is 78.9 Å². The number of fused-ring (bicyclic) bond motifs is 10. The second-order valence-electron chi connectivity index (χ2n) is 8.39. The van der Waals surface area contributed by atoms with E-state index in [-0.39, 0.29) is 10.8 Å². The first kappa shape index (κ1) is 16.1. The SMILES string of the molecule is CC12C=CCCC1c1ccc(I)cc1C21c2ccccc2-c2ccccc21. The van der Waals surface area contributed by atoms with E-state index in [9.17, 15) is 0 Å². The average Bonchev–Trinajstić information content (AvgIpc) is 3.12. The lowest BCUT2D eigenvalue weighted by Gasteiger charge is -2.46. The summed E-state index contributed by atoms with van der Waals surface area (Å²) in [7, 11) is 0. The van der Waals surface area contributed by atoms with Crippen molar-refractivity contribution in [2.24, 2.45) is 5.41 Å². The minimum Gasteiger partial charge on any atom is -0.0879 e. The van der Waals surface area contributed by atoms with Gasteiger partial charge in [-0.1, -0.05) is 73.7 Å². The molecule has 1 spiro atoms. The summed E-state index contributed by atoms with van der Waals surface area (Å²) in [4.78, 5) is 0. The Morgan fingerprint density at radius 2 is 1.52 bits per heavy atom. The van der Waals surface area contributed by atoms with Gasteiger partial charge in [-0.2, -0.15) is 0 Å². The van der Waals surface area contributed by atoms with Crippen LogP contribution in [0.1, 0.15) is 47.9 Å². The third-order valence-electron chi connectivity index (χ3n) is 7.37. The highest BCUT2D eigenvalue weighted by molar-refractivity contribution is 14.1. The van der Waals surface area contributed by atoms with Gasteiger partial charge in [0.2, 0.25) is 0 Å². The Bertz CT molecular complexity index is 1080. The van der Waals surface area contributed by atoms with Gasteiger partial charge in [-0.25, -0.2) is 0 Å². The van der Waals surface area contributed by atoms with Crippen molar-refractivity contribution in [1.82, 2.24) is 0 Å². The molecule has 3 aliphatic carbocycles. The number of hydrogen-bond donors (Lipinski definition) is 0. The molecular weight excluding hydrogens is 439 g/mol. The molecule has 2 unspecified atom stereocenters. The van der Waals surface area contributed by atoms with Crippen molar-refractivity contribution >= 4 is 22.6 Å².